The van der Waals surface area contributed by atoms with Crippen LogP contribution in [-0.4, -0.2) is 25.7 Å². The van der Waals surface area contributed by atoms with E-state index in [-0.39, 0.29) is 11.2 Å². The molecule has 0 bridgehead atoms. The summed E-state index contributed by atoms with van der Waals surface area (Å²) in [6.07, 6.45) is 2.61. The molecule has 0 aliphatic heterocycles. The van der Waals surface area contributed by atoms with E-state index in [2.05, 4.69) is 31.0 Å². The highest BCUT2D eigenvalue weighted by Crippen LogP contribution is 2.26. The molecule has 0 aromatic heterocycles. The van der Waals surface area contributed by atoms with Crippen molar-refractivity contribution in [2.45, 2.75) is 39.7 Å². The molecule has 2 rings (SSSR count). The third-order valence-electron chi connectivity index (χ3n) is 3.64. The average Bonchev–Trinajstić information content (AvgIpc) is 3.19. The van der Waals surface area contributed by atoms with Gasteiger partial charge in [-0.15, -0.1) is 0 Å². The Hall–Kier alpha value is -1.09. The molecule has 0 heterocycles. The minimum atomic E-state index is -0.129. The van der Waals surface area contributed by atoms with E-state index in [9.17, 15) is 4.39 Å². The minimum absolute atomic E-state index is 0.129. The van der Waals surface area contributed by atoms with Crippen LogP contribution in [0.5, 0.6) is 0 Å². The van der Waals surface area contributed by atoms with Gasteiger partial charge in [0.25, 0.3) is 0 Å². The fraction of sp³-hybridized carbons (Fsp3) is 0.625. The van der Waals surface area contributed by atoms with E-state index < -0.39 is 0 Å². The van der Waals surface area contributed by atoms with Crippen LogP contribution < -0.4 is 10.2 Å². The van der Waals surface area contributed by atoms with Crippen LogP contribution in [0, 0.1) is 11.2 Å². The van der Waals surface area contributed by atoms with Gasteiger partial charge in [-0.3, -0.25) is 0 Å². The van der Waals surface area contributed by atoms with Gasteiger partial charge in [0.2, 0.25) is 0 Å². The quantitative estimate of drug-likeness (QED) is 0.811. The second kappa shape index (κ2) is 5.91. The number of nitrogens with one attached hydrogen (secondary N) is 1. The van der Waals surface area contributed by atoms with Crippen LogP contribution in [0.2, 0.25) is 0 Å². The second-order valence-electron chi connectivity index (χ2n) is 6.28. The molecular weight excluding hydrogens is 239 g/mol. The van der Waals surface area contributed by atoms with Gasteiger partial charge in [-0.1, -0.05) is 26.0 Å². The van der Waals surface area contributed by atoms with Crippen LogP contribution in [-0.2, 0) is 0 Å². The first kappa shape index (κ1) is 14.3. The standard InChI is InChI=1S/C16H25FN2/c1-4-19(15-8-6-5-7-14(15)17)12-16(2,3)11-18-13-9-10-13/h5-8,13,18H,4,9-12H2,1-3H3. The van der Waals surface area contributed by atoms with E-state index in [4.69, 9.17) is 0 Å². The van der Waals surface area contributed by atoms with Gasteiger partial charge in [0.05, 0.1) is 5.69 Å². The number of para-hydroxylation sites is 1. The predicted molar refractivity (Wildman–Crippen MR) is 79.1 cm³/mol. The third-order valence-corrected chi connectivity index (χ3v) is 3.64. The van der Waals surface area contributed by atoms with Gasteiger partial charge in [0.1, 0.15) is 5.82 Å². The van der Waals surface area contributed by atoms with E-state index in [1.807, 2.05) is 12.1 Å². The fourth-order valence-corrected chi connectivity index (χ4v) is 2.36. The summed E-state index contributed by atoms with van der Waals surface area (Å²) >= 11 is 0. The molecule has 2 nitrogen and oxygen atoms in total. The zero-order chi connectivity index (χ0) is 13.9. The lowest BCUT2D eigenvalue weighted by molar-refractivity contribution is 0.340. The largest absolute Gasteiger partial charge is 0.369 e. The first-order valence-electron chi connectivity index (χ1n) is 7.25. The highest BCUT2D eigenvalue weighted by Gasteiger charge is 2.27. The maximum absolute atomic E-state index is 13.9. The predicted octanol–water partition coefficient (Wildman–Crippen LogP) is 3.43. The summed E-state index contributed by atoms with van der Waals surface area (Å²) in [4.78, 5) is 2.13. The Bertz CT molecular complexity index is 413. The zero-order valence-electron chi connectivity index (χ0n) is 12.2. The smallest absolute Gasteiger partial charge is 0.146 e. The Labute approximate surface area is 116 Å². The molecule has 106 valence electrons. The molecule has 1 N–H and O–H groups in total. The normalized spacial score (nSPS) is 15.6. The number of benzene rings is 1. The molecule has 0 spiro atoms. The highest BCUT2D eigenvalue weighted by atomic mass is 19.1. The summed E-state index contributed by atoms with van der Waals surface area (Å²) in [6, 6.07) is 7.77. The Kier molecular flexibility index (Phi) is 4.46. The van der Waals surface area contributed by atoms with Crippen molar-refractivity contribution in [3.05, 3.63) is 30.1 Å². The van der Waals surface area contributed by atoms with Gasteiger partial charge in [0.15, 0.2) is 0 Å². The first-order valence-corrected chi connectivity index (χ1v) is 7.25. The Morgan fingerprint density at radius 3 is 2.58 bits per heavy atom. The average molecular weight is 264 g/mol. The minimum Gasteiger partial charge on any atom is -0.369 e. The van der Waals surface area contributed by atoms with Gasteiger partial charge < -0.3 is 10.2 Å². The van der Waals surface area contributed by atoms with E-state index >= 15 is 0 Å². The molecule has 1 aromatic carbocycles. The Balaban J connectivity index is 1.99. The molecule has 3 heteroatoms. The van der Waals surface area contributed by atoms with Gasteiger partial charge in [-0.25, -0.2) is 4.39 Å². The number of rotatable bonds is 7. The SMILES string of the molecule is CCN(CC(C)(C)CNC1CC1)c1ccccc1F. The number of hydrogen-bond acceptors (Lipinski definition) is 2. The lowest BCUT2D eigenvalue weighted by Crippen LogP contribution is -2.41. The molecule has 1 fully saturated rings. The van der Waals surface area contributed by atoms with Gasteiger partial charge in [-0.05, 0) is 37.3 Å². The molecule has 0 atom stereocenters. The molecule has 0 amide bonds. The molecule has 1 aliphatic rings. The number of anilines is 1. The third kappa shape index (κ3) is 4.20. The van der Waals surface area contributed by atoms with Crippen LogP contribution in [0.4, 0.5) is 10.1 Å². The summed E-state index contributed by atoms with van der Waals surface area (Å²) < 4.78 is 13.9. The fourth-order valence-electron chi connectivity index (χ4n) is 2.36. The summed E-state index contributed by atoms with van der Waals surface area (Å²) in [5, 5.41) is 3.57. The lowest BCUT2D eigenvalue weighted by Gasteiger charge is -2.34. The number of nitrogens with zero attached hydrogens (tertiary/aromatic N) is 1. The van der Waals surface area contributed by atoms with Crippen LogP contribution in [0.25, 0.3) is 0 Å². The van der Waals surface area contributed by atoms with Crippen molar-refractivity contribution in [3.63, 3.8) is 0 Å². The van der Waals surface area contributed by atoms with Crippen LogP contribution in [0.1, 0.15) is 33.6 Å². The Morgan fingerprint density at radius 2 is 2.00 bits per heavy atom. The lowest BCUT2D eigenvalue weighted by atomic mass is 9.92. The maximum Gasteiger partial charge on any atom is 0.146 e. The van der Waals surface area contributed by atoms with E-state index in [1.165, 1.54) is 18.9 Å². The van der Waals surface area contributed by atoms with E-state index in [1.54, 1.807) is 6.07 Å². The molecule has 19 heavy (non-hydrogen) atoms. The molecule has 0 unspecified atom stereocenters. The van der Waals surface area contributed by atoms with Crippen LogP contribution >= 0.6 is 0 Å². The van der Waals surface area contributed by atoms with Crippen LogP contribution in [0.3, 0.4) is 0 Å². The summed E-state index contributed by atoms with van der Waals surface area (Å²) in [7, 11) is 0. The van der Waals surface area contributed by atoms with Crippen molar-refractivity contribution in [2.75, 3.05) is 24.5 Å². The molecular formula is C16H25FN2. The van der Waals surface area contributed by atoms with Crippen LogP contribution in [0.15, 0.2) is 24.3 Å². The van der Waals surface area contributed by atoms with E-state index in [0.29, 0.717) is 5.69 Å². The Morgan fingerprint density at radius 1 is 1.32 bits per heavy atom. The van der Waals surface area contributed by atoms with Crippen molar-refractivity contribution in [1.29, 1.82) is 0 Å². The maximum atomic E-state index is 13.9. The first-order chi connectivity index (χ1) is 9.02. The van der Waals surface area contributed by atoms with Crippen molar-refractivity contribution in [2.24, 2.45) is 5.41 Å². The van der Waals surface area contributed by atoms with Crippen molar-refractivity contribution >= 4 is 5.69 Å². The van der Waals surface area contributed by atoms with Gasteiger partial charge >= 0.3 is 0 Å². The summed E-state index contributed by atoms with van der Waals surface area (Å²) in [6.45, 7) is 9.25. The molecule has 1 aliphatic carbocycles. The summed E-state index contributed by atoms with van der Waals surface area (Å²) in [5.41, 5.74) is 0.852. The molecule has 1 aromatic rings. The van der Waals surface area contributed by atoms with Gasteiger partial charge in [0, 0.05) is 25.7 Å². The van der Waals surface area contributed by atoms with Crippen molar-refractivity contribution in [3.8, 4) is 0 Å². The number of halogens is 1. The van der Waals surface area contributed by atoms with Gasteiger partial charge in [-0.2, -0.15) is 0 Å². The molecule has 0 saturated heterocycles. The van der Waals surface area contributed by atoms with Crippen molar-refractivity contribution < 1.29 is 4.39 Å². The molecule has 0 radical (unpaired) electrons. The zero-order valence-corrected chi connectivity index (χ0v) is 12.2. The molecule has 1 saturated carbocycles. The summed E-state index contributed by atoms with van der Waals surface area (Å²) in [5.74, 6) is -0.129. The topological polar surface area (TPSA) is 15.3 Å². The van der Waals surface area contributed by atoms with E-state index in [0.717, 1.165) is 25.7 Å². The van der Waals surface area contributed by atoms with Crippen molar-refractivity contribution in [1.82, 2.24) is 5.32 Å². The second-order valence-corrected chi connectivity index (χ2v) is 6.28. The highest BCUT2D eigenvalue weighted by molar-refractivity contribution is 5.47. The number of hydrogen-bond donors (Lipinski definition) is 1. The monoisotopic (exact) mass is 264 g/mol.